The Kier molecular flexibility index (Phi) is 3.20. The van der Waals surface area contributed by atoms with Crippen molar-refractivity contribution in [3.8, 4) is 0 Å². The van der Waals surface area contributed by atoms with Crippen molar-refractivity contribution in [3.63, 3.8) is 0 Å². The highest BCUT2D eigenvalue weighted by Crippen LogP contribution is 2.46. The molecular weight excluding hydrogens is 250 g/mol. The SMILES string of the molecule is Nc1cnn(C2CCC3(CC2)CN(CC(F)F)C3)c1. The molecule has 106 valence electrons. The number of nitrogens with two attached hydrogens (primary N) is 1. The Bertz CT molecular complexity index is 430. The quantitative estimate of drug-likeness (QED) is 0.915. The topological polar surface area (TPSA) is 47.1 Å². The fourth-order valence-corrected chi connectivity index (χ4v) is 3.57. The van der Waals surface area contributed by atoms with Crippen molar-refractivity contribution in [2.24, 2.45) is 5.41 Å². The zero-order chi connectivity index (χ0) is 13.5. The Morgan fingerprint density at radius 1 is 1.37 bits per heavy atom. The minimum absolute atomic E-state index is 0.0686. The van der Waals surface area contributed by atoms with E-state index in [1.54, 1.807) is 6.20 Å². The summed E-state index contributed by atoms with van der Waals surface area (Å²) in [6.45, 7) is 1.61. The van der Waals surface area contributed by atoms with Crippen molar-refractivity contribution < 1.29 is 8.78 Å². The molecular formula is C13H20F2N4. The molecule has 19 heavy (non-hydrogen) atoms. The number of anilines is 1. The van der Waals surface area contributed by atoms with Crippen LogP contribution in [0, 0.1) is 5.41 Å². The first-order valence-electron chi connectivity index (χ1n) is 6.86. The molecule has 1 spiro atoms. The van der Waals surface area contributed by atoms with Gasteiger partial charge in [0.1, 0.15) is 0 Å². The number of aromatic nitrogens is 2. The second kappa shape index (κ2) is 4.74. The molecule has 0 radical (unpaired) electrons. The molecule has 0 bridgehead atoms. The Balaban J connectivity index is 1.51. The Labute approximate surface area is 111 Å². The molecule has 1 aliphatic carbocycles. The molecule has 4 nitrogen and oxygen atoms in total. The van der Waals surface area contributed by atoms with Crippen LogP contribution in [0.1, 0.15) is 31.7 Å². The van der Waals surface area contributed by atoms with Gasteiger partial charge in [-0.05, 0) is 31.1 Å². The highest BCUT2D eigenvalue weighted by Gasteiger charge is 2.45. The largest absolute Gasteiger partial charge is 0.396 e. The minimum Gasteiger partial charge on any atom is -0.396 e. The first kappa shape index (κ1) is 12.8. The van der Waals surface area contributed by atoms with Crippen molar-refractivity contribution in [3.05, 3.63) is 12.4 Å². The number of nitrogen functional groups attached to an aromatic ring is 1. The van der Waals surface area contributed by atoms with Gasteiger partial charge in [0.25, 0.3) is 6.43 Å². The summed E-state index contributed by atoms with van der Waals surface area (Å²) in [6, 6.07) is 0.423. The molecule has 3 rings (SSSR count). The van der Waals surface area contributed by atoms with E-state index in [-0.39, 0.29) is 6.54 Å². The van der Waals surface area contributed by atoms with Crippen LogP contribution in [-0.2, 0) is 0 Å². The fourth-order valence-electron chi connectivity index (χ4n) is 3.57. The Morgan fingerprint density at radius 2 is 2.05 bits per heavy atom. The smallest absolute Gasteiger partial charge is 0.251 e. The van der Waals surface area contributed by atoms with E-state index in [0.717, 1.165) is 38.8 Å². The molecule has 2 N–H and O–H groups in total. The lowest BCUT2D eigenvalue weighted by molar-refractivity contribution is -0.0622. The van der Waals surface area contributed by atoms with E-state index < -0.39 is 6.43 Å². The van der Waals surface area contributed by atoms with Crippen LogP contribution in [0.15, 0.2) is 12.4 Å². The predicted molar refractivity (Wildman–Crippen MR) is 69.0 cm³/mol. The number of alkyl halides is 2. The van der Waals surface area contributed by atoms with Crippen LogP contribution < -0.4 is 5.73 Å². The van der Waals surface area contributed by atoms with Gasteiger partial charge in [0, 0.05) is 19.3 Å². The van der Waals surface area contributed by atoms with E-state index in [9.17, 15) is 8.78 Å². The van der Waals surface area contributed by atoms with Crippen molar-refractivity contribution in [2.45, 2.75) is 38.2 Å². The lowest BCUT2D eigenvalue weighted by Crippen LogP contribution is -2.58. The van der Waals surface area contributed by atoms with E-state index in [0.29, 0.717) is 17.1 Å². The molecule has 1 aromatic heterocycles. The van der Waals surface area contributed by atoms with Crippen LogP contribution in [0.3, 0.4) is 0 Å². The van der Waals surface area contributed by atoms with Crippen LogP contribution in [0.5, 0.6) is 0 Å². The van der Waals surface area contributed by atoms with Gasteiger partial charge in [-0.25, -0.2) is 8.78 Å². The molecule has 0 amide bonds. The van der Waals surface area contributed by atoms with Crippen LogP contribution in [0.4, 0.5) is 14.5 Å². The zero-order valence-corrected chi connectivity index (χ0v) is 10.9. The van der Waals surface area contributed by atoms with Gasteiger partial charge < -0.3 is 5.73 Å². The van der Waals surface area contributed by atoms with E-state index in [4.69, 9.17) is 5.73 Å². The number of hydrogen-bond donors (Lipinski definition) is 1. The summed E-state index contributed by atoms with van der Waals surface area (Å²) < 4.78 is 26.5. The van der Waals surface area contributed by atoms with E-state index >= 15 is 0 Å². The second-order valence-electron chi connectivity index (χ2n) is 6.05. The maximum Gasteiger partial charge on any atom is 0.251 e. The molecule has 1 saturated heterocycles. The summed E-state index contributed by atoms with van der Waals surface area (Å²) >= 11 is 0. The van der Waals surface area contributed by atoms with Gasteiger partial charge in [0.05, 0.1) is 24.5 Å². The maximum atomic E-state index is 12.3. The van der Waals surface area contributed by atoms with E-state index in [1.165, 1.54) is 0 Å². The van der Waals surface area contributed by atoms with Crippen LogP contribution in [-0.4, -0.2) is 40.7 Å². The molecule has 0 atom stereocenters. The van der Waals surface area contributed by atoms with Crippen LogP contribution in [0.2, 0.25) is 0 Å². The molecule has 0 aromatic carbocycles. The third-order valence-electron chi connectivity index (χ3n) is 4.53. The van der Waals surface area contributed by atoms with Crippen molar-refractivity contribution in [2.75, 3.05) is 25.4 Å². The fraction of sp³-hybridized carbons (Fsp3) is 0.769. The second-order valence-corrected chi connectivity index (χ2v) is 6.05. The highest BCUT2D eigenvalue weighted by molar-refractivity contribution is 5.30. The van der Waals surface area contributed by atoms with Gasteiger partial charge in [-0.3, -0.25) is 9.58 Å². The number of nitrogens with zero attached hydrogens (tertiary/aromatic N) is 3. The number of hydrogen-bond acceptors (Lipinski definition) is 3. The number of rotatable bonds is 3. The summed E-state index contributed by atoms with van der Waals surface area (Å²) in [5.41, 5.74) is 6.68. The van der Waals surface area contributed by atoms with Crippen molar-refractivity contribution in [1.29, 1.82) is 0 Å². The standard InChI is InChI=1S/C13H20F2N4/c14-12(15)7-18-8-13(9-18)3-1-11(2-4-13)19-6-10(16)5-17-19/h5-6,11-12H,1-4,7-9,16H2. The van der Waals surface area contributed by atoms with Gasteiger partial charge in [-0.15, -0.1) is 0 Å². The summed E-state index contributed by atoms with van der Waals surface area (Å²) in [5.74, 6) is 0. The molecule has 1 aliphatic heterocycles. The number of halogens is 2. The van der Waals surface area contributed by atoms with Gasteiger partial charge in [-0.2, -0.15) is 5.10 Å². The lowest BCUT2D eigenvalue weighted by atomic mass is 9.67. The van der Waals surface area contributed by atoms with Crippen molar-refractivity contribution in [1.82, 2.24) is 14.7 Å². The molecule has 2 heterocycles. The third kappa shape index (κ3) is 2.59. The van der Waals surface area contributed by atoms with Gasteiger partial charge in [0.15, 0.2) is 0 Å². The van der Waals surface area contributed by atoms with Crippen molar-refractivity contribution >= 4 is 5.69 Å². The molecule has 2 fully saturated rings. The zero-order valence-electron chi connectivity index (χ0n) is 10.9. The summed E-state index contributed by atoms with van der Waals surface area (Å²) in [5, 5.41) is 4.27. The Hall–Kier alpha value is -1.17. The average molecular weight is 270 g/mol. The molecule has 6 heteroatoms. The highest BCUT2D eigenvalue weighted by atomic mass is 19.3. The third-order valence-corrected chi connectivity index (χ3v) is 4.53. The molecule has 0 unspecified atom stereocenters. The lowest BCUT2D eigenvalue weighted by Gasteiger charge is -2.53. The summed E-state index contributed by atoms with van der Waals surface area (Å²) in [6.07, 6.45) is 5.72. The summed E-state index contributed by atoms with van der Waals surface area (Å²) in [7, 11) is 0. The van der Waals surface area contributed by atoms with Gasteiger partial charge >= 0.3 is 0 Å². The maximum absolute atomic E-state index is 12.3. The summed E-state index contributed by atoms with van der Waals surface area (Å²) in [4.78, 5) is 1.87. The van der Waals surface area contributed by atoms with Gasteiger partial charge in [0.2, 0.25) is 0 Å². The molecule has 1 saturated carbocycles. The first-order valence-corrected chi connectivity index (χ1v) is 6.86. The normalized spacial score (nSPS) is 23.9. The van der Waals surface area contributed by atoms with Crippen LogP contribution in [0.25, 0.3) is 0 Å². The molecule has 2 aliphatic rings. The Morgan fingerprint density at radius 3 is 2.58 bits per heavy atom. The number of likely N-dealkylation sites (tertiary alicyclic amines) is 1. The van der Waals surface area contributed by atoms with E-state index in [1.807, 2.05) is 15.8 Å². The van der Waals surface area contributed by atoms with Crippen LogP contribution >= 0.6 is 0 Å². The average Bonchev–Trinajstić information content (AvgIpc) is 2.74. The minimum atomic E-state index is -2.21. The predicted octanol–water partition coefficient (Wildman–Crippen LogP) is 2.15. The first-order chi connectivity index (χ1) is 9.06. The molecule has 1 aromatic rings. The van der Waals surface area contributed by atoms with Gasteiger partial charge in [-0.1, -0.05) is 0 Å². The van der Waals surface area contributed by atoms with E-state index in [2.05, 4.69) is 5.10 Å². The monoisotopic (exact) mass is 270 g/mol.